The van der Waals surface area contributed by atoms with Gasteiger partial charge in [-0.25, -0.2) is 0 Å². The van der Waals surface area contributed by atoms with Gasteiger partial charge < -0.3 is 10.2 Å². The van der Waals surface area contributed by atoms with Gasteiger partial charge in [0.25, 0.3) is 5.91 Å². The summed E-state index contributed by atoms with van der Waals surface area (Å²) in [6.07, 6.45) is 7.18. The van der Waals surface area contributed by atoms with Crippen molar-refractivity contribution in [3.63, 3.8) is 0 Å². The SMILES string of the molecule is CCNc1ccncc1C(=O)N(C)CC1CCC1. The molecule has 1 aromatic rings. The maximum Gasteiger partial charge on any atom is 0.257 e. The van der Waals surface area contributed by atoms with E-state index in [1.807, 2.05) is 24.9 Å². The number of hydrogen-bond acceptors (Lipinski definition) is 3. The fraction of sp³-hybridized carbons (Fsp3) is 0.571. The zero-order valence-electron chi connectivity index (χ0n) is 11.1. The van der Waals surface area contributed by atoms with Crippen molar-refractivity contribution in [2.45, 2.75) is 26.2 Å². The summed E-state index contributed by atoms with van der Waals surface area (Å²) in [5.74, 6) is 0.754. The lowest BCUT2D eigenvalue weighted by Crippen LogP contribution is -2.34. The molecule has 1 aromatic heterocycles. The lowest BCUT2D eigenvalue weighted by molar-refractivity contribution is 0.0746. The third-order valence-corrected chi connectivity index (χ3v) is 3.52. The van der Waals surface area contributed by atoms with E-state index in [-0.39, 0.29) is 5.91 Å². The number of carbonyl (C=O) groups is 1. The fourth-order valence-electron chi connectivity index (χ4n) is 2.26. The molecule has 0 atom stereocenters. The molecule has 0 unspecified atom stereocenters. The first-order chi connectivity index (χ1) is 8.72. The number of carbonyl (C=O) groups excluding carboxylic acids is 1. The van der Waals surface area contributed by atoms with Crippen molar-refractivity contribution in [3.8, 4) is 0 Å². The van der Waals surface area contributed by atoms with Gasteiger partial charge in [-0.15, -0.1) is 0 Å². The van der Waals surface area contributed by atoms with Gasteiger partial charge in [0.1, 0.15) is 0 Å². The van der Waals surface area contributed by atoms with Gasteiger partial charge >= 0.3 is 0 Å². The van der Waals surface area contributed by atoms with E-state index in [2.05, 4.69) is 10.3 Å². The predicted molar refractivity (Wildman–Crippen MR) is 72.7 cm³/mol. The Hall–Kier alpha value is -1.58. The van der Waals surface area contributed by atoms with E-state index in [4.69, 9.17) is 0 Å². The highest BCUT2D eigenvalue weighted by atomic mass is 16.2. The Bertz CT molecular complexity index is 415. The van der Waals surface area contributed by atoms with Gasteiger partial charge in [-0.2, -0.15) is 0 Å². The minimum atomic E-state index is 0.0611. The Morgan fingerprint density at radius 3 is 2.94 bits per heavy atom. The molecular weight excluding hydrogens is 226 g/mol. The summed E-state index contributed by atoms with van der Waals surface area (Å²) >= 11 is 0. The van der Waals surface area contributed by atoms with Crippen LogP contribution in [-0.2, 0) is 0 Å². The van der Waals surface area contributed by atoms with Gasteiger partial charge in [0.15, 0.2) is 0 Å². The number of rotatable bonds is 5. The molecule has 0 aromatic carbocycles. The molecule has 98 valence electrons. The highest BCUT2D eigenvalue weighted by Gasteiger charge is 2.23. The zero-order valence-corrected chi connectivity index (χ0v) is 11.1. The van der Waals surface area contributed by atoms with Crippen molar-refractivity contribution < 1.29 is 4.79 Å². The minimum Gasteiger partial charge on any atom is -0.385 e. The number of hydrogen-bond donors (Lipinski definition) is 1. The number of amides is 1. The molecule has 0 spiro atoms. The molecule has 4 nitrogen and oxygen atoms in total. The summed E-state index contributed by atoms with van der Waals surface area (Å²) in [5, 5.41) is 3.21. The number of nitrogens with zero attached hydrogens (tertiary/aromatic N) is 2. The summed E-state index contributed by atoms with van der Waals surface area (Å²) in [6.45, 7) is 3.68. The highest BCUT2D eigenvalue weighted by Crippen LogP contribution is 2.27. The average Bonchev–Trinajstić information content (AvgIpc) is 2.34. The van der Waals surface area contributed by atoms with Crippen molar-refractivity contribution >= 4 is 11.6 Å². The number of anilines is 1. The van der Waals surface area contributed by atoms with Crippen molar-refractivity contribution in [1.82, 2.24) is 9.88 Å². The standard InChI is InChI=1S/C14H21N3O/c1-3-16-13-7-8-15-9-12(13)14(18)17(2)10-11-5-4-6-11/h7-9,11H,3-6,10H2,1-2H3,(H,15,16). The predicted octanol–water partition coefficient (Wildman–Crippen LogP) is 2.39. The van der Waals surface area contributed by atoms with E-state index < -0.39 is 0 Å². The van der Waals surface area contributed by atoms with Crippen LogP contribution in [0.1, 0.15) is 36.5 Å². The Balaban J connectivity index is 2.06. The van der Waals surface area contributed by atoms with Gasteiger partial charge in [0.2, 0.25) is 0 Å². The van der Waals surface area contributed by atoms with Gasteiger partial charge in [-0.3, -0.25) is 9.78 Å². The zero-order chi connectivity index (χ0) is 13.0. The van der Waals surface area contributed by atoms with Crippen LogP contribution in [0.15, 0.2) is 18.5 Å². The molecule has 0 bridgehead atoms. The van der Waals surface area contributed by atoms with Crippen LogP contribution in [0.2, 0.25) is 0 Å². The molecule has 1 aliphatic rings. The number of nitrogens with one attached hydrogen (secondary N) is 1. The second-order valence-electron chi connectivity index (χ2n) is 4.93. The van der Waals surface area contributed by atoms with Crippen LogP contribution in [0.5, 0.6) is 0 Å². The molecule has 0 aliphatic heterocycles. The molecule has 1 saturated carbocycles. The van der Waals surface area contributed by atoms with Crippen LogP contribution >= 0.6 is 0 Å². The Morgan fingerprint density at radius 1 is 1.56 bits per heavy atom. The Morgan fingerprint density at radius 2 is 2.33 bits per heavy atom. The van der Waals surface area contributed by atoms with Gasteiger partial charge in [0, 0.05) is 32.5 Å². The largest absolute Gasteiger partial charge is 0.385 e. The van der Waals surface area contributed by atoms with Crippen LogP contribution in [0.3, 0.4) is 0 Å². The van der Waals surface area contributed by atoms with E-state index in [0.717, 1.165) is 18.8 Å². The molecule has 1 amide bonds. The third kappa shape index (κ3) is 2.81. The molecular formula is C14H21N3O. The van der Waals surface area contributed by atoms with E-state index in [1.54, 1.807) is 12.4 Å². The van der Waals surface area contributed by atoms with Gasteiger partial charge in [0.05, 0.1) is 11.3 Å². The van der Waals surface area contributed by atoms with E-state index in [1.165, 1.54) is 19.3 Å². The van der Waals surface area contributed by atoms with E-state index >= 15 is 0 Å². The summed E-state index contributed by atoms with van der Waals surface area (Å²) in [5.41, 5.74) is 1.54. The fourth-order valence-corrected chi connectivity index (χ4v) is 2.26. The molecule has 18 heavy (non-hydrogen) atoms. The second-order valence-corrected chi connectivity index (χ2v) is 4.93. The van der Waals surface area contributed by atoms with E-state index in [9.17, 15) is 4.79 Å². The van der Waals surface area contributed by atoms with Gasteiger partial charge in [-0.05, 0) is 31.7 Å². The summed E-state index contributed by atoms with van der Waals surface area (Å²) < 4.78 is 0. The van der Waals surface area contributed by atoms with E-state index in [0.29, 0.717) is 11.5 Å². The first kappa shape index (κ1) is 12.9. The monoisotopic (exact) mass is 247 g/mol. The second kappa shape index (κ2) is 5.85. The average molecular weight is 247 g/mol. The topological polar surface area (TPSA) is 45.2 Å². The van der Waals surface area contributed by atoms with Crippen molar-refractivity contribution in [3.05, 3.63) is 24.0 Å². The van der Waals surface area contributed by atoms with Crippen molar-refractivity contribution in [1.29, 1.82) is 0 Å². The van der Waals surface area contributed by atoms with Crippen LogP contribution in [0.4, 0.5) is 5.69 Å². The summed E-state index contributed by atoms with van der Waals surface area (Å²) in [6, 6.07) is 1.86. The lowest BCUT2D eigenvalue weighted by atomic mass is 9.85. The molecule has 1 N–H and O–H groups in total. The first-order valence-electron chi connectivity index (χ1n) is 6.65. The highest BCUT2D eigenvalue weighted by molar-refractivity contribution is 5.99. The van der Waals surface area contributed by atoms with Crippen LogP contribution < -0.4 is 5.32 Å². The molecule has 1 heterocycles. The summed E-state index contributed by atoms with van der Waals surface area (Å²) in [7, 11) is 1.88. The van der Waals surface area contributed by atoms with Crippen LogP contribution in [0, 0.1) is 5.92 Å². The maximum absolute atomic E-state index is 12.4. The lowest BCUT2D eigenvalue weighted by Gasteiger charge is -2.30. The quantitative estimate of drug-likeness (QED) is 0.869. The molecule has 2 rings (SSSR count). The normalized spacial score (nSPS) is 15.0. The van der Waals surface area contributed by atoms with Crippen LogP contribution in [-0.4, -0.2) is 35.9 Å². The third-order valence-electron chi connectivity index (χ3n) is 3.52. The smallest absolute Gasteiger partial charge is 0.257 e. The summed E-state index contributed by atoms with van der Waals surface area (Å²) in [4.78, 5) is 18.2. The minimum absolute atomic E-state index is 0.0611. The Labute approximate surface area is 108 Å². The molecule has 4 heteroatoms. The van der Waals surface area contributed by atoms with Crippen molar-refractivity contribution in [2.75, 3.05) is 25.5 Å². The molecule has 1 aliphatic carbocycles. The van der Waals surface area contributed by atoms with Crippen LogP contribution in [0.25, 0.3) is 0 Å². The molecule has 0 radical (unpaired) electrons. The first-order valence-corrected chi connectivity index (χ1v) is 6.65. The molecule has 1 fully saturated rings. The number of pyridine rings is 1. The van der Waals surface area contributed by atoms with Gasteiger partial charge in [-0.1, -0.05) is 6.42 Å². The maximum atomic E-state index is 12.4. The number of aromatic nitrogens is 1. The molecule has 0 saturated heterocycles. The Kier molecular flexibility index (Phi) is 4.18. The van der Waals surface area contributed by atoms with Crippen molar-refractivity contribution in [2.24, 2.45) is 5.92 Å².